The Labute approximate surface area is 126 Å². The van der Waals surface area contributed by atoms with Gasteiger partial charge < -0.3 is 9.84 Å². The number of nitrogens with zero attached hydrogens (tertiary/aromatic N) is 5. The van der Waals surface area contributed by atoms with E-state index >= 15 is 0 Å². The molecule has 0 unspecified atom stereocenters. The largest absolute Gasteiger partial charge is 0.361 e. The molecule has 2 heterocycles. The highest BCUT2D eigenvalue weighted by atomic mass is 16.5. The average Bonchev–Trinajstić information content (AvgIpc) is 3.05. The molecule has 0 aliphatic rings. The van der Waals surface area contributed by atoms with Gasteiger partial charge in [0, 0.05) is 11.3 Å². The van der Waals surface area contributed by atoms with Crippen molar-refractivity contribution in [2.45, 2.75) is 13.8 Å². The van der Waals surface area contributed by atoms with Crippen LogP contribution in [0.2, 0.25) is 0 Å². The Kier molecular flexibility index (Phi) is 3.42. The van der Waals surface area contributed by atoms with Crippen LogP contribution in [0.3, 0.4) is 0 Å². The molecule has 3 aromatic rings. The summed E-state index contributed by atoms with van der Waals surface area (Å²) in [5, 5.41) is 18.5. The summed E-state index contributed by atoms with van der Waals surface area (Å²) in [5.74, 6) is 0.721. The Morgan fingerprint density at radius 1 is 1.32 bits per heavy atom. The average molecular weight is 298 g/mol. The standard InChI is InChI=1S/C14H14N6O2/c1-8-12(9(2)22-18-8)14(21)15-11-6-4-5-10(7-11)13-16-19-20(3)17-13/h4-7H,1-3H3,(H,15,21). The Morgan fingerprint density at radius 3 is 2.77 bits per heavy atom. The number of carbonyl (C=O) groups excluding carboxylic acids is 1. The predicted molar refractivity (Wildman–Crippen MR) is 78.2 cm³/mol. The first kappa shape index (κ1) is 13.9. The minimum atomic E-state index is -0.263. The molecule has 1 amide bonds. The first-order valence-electron chi connectivity index (χ1n) is 6.63. The smallest absolute Gasteiger partial charge is 0.261 e. The molecule has 0 saturated carbocycles. The van der Waals surface area contributed by atoms with E-state index in [1.165, 1.54) is 4.80 Å². The molecule has 112 valence electrons. The van der Waals surface area contributed by atoms with E-state index in [0.29, 0.717) is 28.5 Å². The maximum atomic E-state index is 12.3. The molecule has 0 aliphatic heterocycles. The fourth-order valence-electron chi connectivity index (χ4n) is 2.14. The van der Waals surface area contributed by atoms with Gasteiger partial charge in [-0.15, -0.1) is 10.2 Å². The maximum Gasteiger partial charge on any atom is 0.261 e. The number of hydrogen-bond donors (Lipinski definition) is 1. The summed E-state index contributed by atoms with van der Waals surface area (Å²) < 4.78 is 5.01. The molecule has 3 rings (SSSR count). The van der Waals surface area contributed by atoms with Crippen molar-refractivity contribution in [3.8, 4) is 11.4 Å². The quantitative estimate of drug-likeness (QED) is 0.790. The molecule has 0 saturated heterocycles. The molecular formula is C14H14N6O2. The van der Waals surface area contributed by atoms with E-state index in [2.05, 4.69) is 25.9 Å². The monoisotopic (exact) mass is 298 g/mol. The second-order valence-corrected chi connectivity index (χ2v) is 4.84. The van der Waals surface area contributed by atoms with Gasteiger partial charge in [-0.3, -0.25) is 4.79 Å². The molecule has 0 aliphatic carbocycles. The summed E-state index contributed by atoms with van der Waals surface area (Å²) in [7, 11) is 1.69. The van der Waals surface area contributed by atoms with E-state index in [1.54, 1.807) is 33.0 Å². The molecule has 8 nitrogen and oxygen atoms in total. The third kappa shape index (κ3) is 2.58. The first-order valence-corrected chi connectivity index (χ1v) is 6.63. The van der Waals surface area contributed by atoms with Gasteiger partial charge in [0.2, 0.25) is 5.82 Å². The molecule has 22 heavy (non-hydrogen) atoms. The van der Waals surface area contributed by atoms with Gasteiger partial charge in [-0.25, -0.2) is 0 Å². The lowest BCUT2D eigenvalue weighted by Gasteiger charge is -2.05. The first-order chi connectivity index (χ1) is 10.5. The van der Waals surface area contributed by atoms with Crippen LogP contribution in [0.1, 0.15) is 21.8 Å². The van der Waals surface area contributed by atoms with E-state index in [-0.39, 0.29) is 5.91 Å². The van der Waals surface area contributed by atoms with Crippen molar-refractivity contribution in [2.24, 2.45) is 7.05 Å². The third-order valence-electron chi connectivity index (χ3n) is 3.15. The number of anilines is 1. The number of aryl methyl sites for hydroxylation is 3. The topological polar surface area (TPSA) is 98.7 Å². The summed E-state index contributed by atoms with van der Waals surface area (Å²) in [6.45, 7) is 3.43. The van der Waals surface area contributed by atoms with Gasteiger partial charge in [0.1, 0.15) is 11.3 Å². The zero-order chi connectivity index (χ0) is 15.7. The number of aromatic nitrogens is 5. The van der Waals surface area contributed by atoms with Crippen molar-refractivity contribution in [3.63, 3.8) is 0 Å². The van der Waals surface area contributed by atoms with Crippen LogP contribution < -0.4 is 5.32 Å². The molecule has 8 heteroatoms. The zero-order valence-electron chi connectivity index (χ0n) is 12.4. The van der Waals surface area contributed by atoms with E-state index in [4.69, 9.17) is 4.52 Å². The predicted octanol–water partition coefficient (Wildman–Crippen LogP) is 1.73. The van der Waals surface area contributed by atoms with Gasteiger partial charge >= 0.3 is 0 Å². The van der Waals surface area contributed by atoms with Crippen LogP contribution in [-0.2, 0) is 7.05 Å². The number of carbonyl (C=O) groups is 1. The van der Waals surface area contributed by atoms with Crippen LogP contribution in [0, 0.1) is 13.8 Å². The van der Waals surface area contributed by atoms with Crippen molar-refractivity contribution in [1.82, 2.24) is 25.4 Å². The number of benzene rings is 1. The Bertz CT molecular complexity index is 816. The van der Waals surface area contributed by atoms with E-state index in [1.807, 2.05) is 12.1 Å². The fraction of sp³-hybridized carbons (Fsp3) is 0.214. The molecule has 0 spiro atoms. The highest BCUT2D eigenvalue weighted by Gasteiger charge is 2.17. The molecular weight excluding hydrogens is 284 g/mol. The molecule has 1 N–H and O–H groups in total. The second kappa shape index (κ2) is 5.40. The minimum absolute atomic E-state index is 0.263. The summed E-state index contributed by atoms with van der Waals surface area (Å²) in [6.07, 6.45) is 0. The number of amides is 1. The molecule has 0 bridgehead atoms. The second-order valence-electron chi connectivity index (χ2n) is 4.84. The van der Waals surface area contributed by atoms with Crippen LogP contribution >= 0.6 is 0 Å². The maximum absolute atomic E-state index is 12.3. The number of tetrazole rings is 1. The van der Waals surface area contributed by atoms with Crippen molar-refractivity contribution >= 4 is 11.6 Å². The highest BCUT2D eigenvalue weighted by Crippen LogP contribution is 2.20. The lowest BCUT2D eigenvalue weighted by atomic mass is 10.1. The van der Waals surface area contributed by atoms with Gasteiger partial charge in [-0.2, -0.15) is 4.80 Å². The fourth-order valence-corrected chi connectivity index (χ4v) is 2.14. The van der Waals surface area contributed by atoms with Crippen LogP contribution in [0.5, 0.6) is 0 Å². The van der Waals surface area contributed by atoms with E-state index in [0.717, 1.165) is 5.56 Å². The number of hydrogen-bond acceptors (Lipinski definition) is 6. The van der Waals surface area contributed by atoms with Crippen LogP contribution in [-0.4, -0.2) is 31.3 Å². The van der Waals surface area contributed by atoms with Crippen molar-refractivity contribution in [1.29, 1.82) is 0 Å². The summed E-state index contributed by atoms with van der Waals surface area (Å²) in [4.78, 5) is 13.7. The van der Waals surface area contributed by atoms with Crippen molar-refractivity contribution in [3.05, 3.63) is 41.3 Å². The van der Waals surface area contributed by atoms with Gasteiger partial charge in [-0.05, 0) is 31.2 Å². The number of rotatable bonds is 3. The lowest BCUT2D eigenvalue weighted by Crippen LogP contribution is -2.13. The van der Waals surface area contributed by atoms with Crippen LogP contribution in [0.25, 0.3) is 11.4 Å². The molecule has 1 aromatic carbocycles. The minimum Gasteiger partial charge on any atom is -0.361 e. The van der Waals surface area contributed by atoms with E-state index < -0.39 is 0 Å². The van der Waals surface area contributed by atoms with E-state index in [9.17, 15) is 4.79 Å². The molecule has 0 radical (unpaired) electrons. The normalized spacial score (nSPS) is 10.7. The Hall–Kier alpha value is -3.03. The van der Waals surface area contributed by atoms with Crippen LogP contribution in [0.15, 0.2) is 28.8 Å². The molecule has 0 fully saturated rings. The number of nitrogens with one attached hydrogen (secondary N) is 1. The van der Waals surface area contributed by atoms with Gasteiger partial charge in [0.05, 0.1) is 12.7 Å². The highest BCUT2D eigenvalue weighted by molar-refractivity contribution is 6.05. The summed E-state index contributed by atoms with van der Waals surface area (Å²) in [6, 6.07) is 7.24. The van der Waals surface area contributed by atoms with Gasteiger partial charge in [0.25, 0.3) is 5.91 Å². The van der Waals surface area contributed by atoms with Crippen molar-refractivity contribution < 1.29 is 9.32 Å². The molecule has 0 atom stereocenters. The van der Waals surface area contributed by atoms with Crippen molar-refractivity contribution in [2.75, 3.05) is 5.32 Å². The third-order valence-corrected chi connectivity index (χ3v) is 3.15. The van der Waals surface area contributed by atoms with Gasteiger partial charge in [-0.1, -0.05) is 17.3 Å². The zero-order valence-corrected chi connectivity index (χ0v) is 12.4. The SMILES string of the molecule is Cc1noc(C)c1C(=O)Nc1cccc(-c2nnn(C)n2)c1. The lowest BCUT2D eigenvalue weighted by molar-refractivity contribution is 0.102. The summed E-state index contributed by atoms with van der Waals surface area (Å²) >= 11 is 0. The Morgan fingerprint density at radius 2 is 2.14 bits per heavy atom. The Balaban J connectivity index is 1.86. The summed E-state index contributed by atoms with van der Waals surface area (Å²) in [5.41, 5.74) is 2.41. The molecule has 2 aromatic heterocycles. The van der Waals surface area contributed by atoms with Crippen LogP contribution in [0.4, 0.5) is 5.69 Å². The van der Waals surface area contributed by atoms with Gasteiger partial charge in [0.15, 0.2) is 0 Å².